The molecule has 1 aromatic heterocycles. The molecule has 0 radical (unpaired) electrons. The molecule has 1 N–H and O–H groups in total. The first-order valence-corrected chi connectivity index (χ1v) is 7.38. The third-order valence-electron chi connectivity index (χ3n) is 2.69. The zero-order valence-corrected chi connectivity index (χ0v) is 12.3. The highest BCUT2D eigenvalue weighted by molar-refractivity contribution is 7.99. The van der Waals surface area contributed by atoms with Gasteiger partial charge in [-0.3, -0.25) is 0 Å². The van der Waals surface area contributed by atoms with Gasteiger partial charge in [0, 0.05) is 43.9 Å². The first-order valence-electron chi connectivity index (χ1n) is 6.39. The first-order chi connectivity index (χ1) is 8.76. The van der Waals surface area contributed by atoms with Crippen molar-refractivity contribution in [2.45, 2.75) is 32.0 Å². The molecule has 0 amide bonds. The molecular weight excluding hydrogens is 246 g/mol. The van der Waals surface area contributed by atoms with E-state index in [1.165, 1.54) is 6.42 Å². The molecule has 0 aliphatic heterocycles. The van der Waals surface area contributed by atoms with E-state index >= 15 is 0 Å². The van der Waals surface area contributed by atoms with Gasteiger partial charge in [0.25, 0.3) is 0 Å². The molecule has 18 heavy (non-hydrogen) atoms. The van der Waals surface area contributed by atoms with Crippen LogP contribution in [0.1, 0.15) is 25.8 Å². The number of aromatic nitrogens is 2. The van der Waals surface area contributed by atoms with E-state index in [-0.39, 0.29) is 0 Å². The van der Waals surface area contributed by atoms with Crippen molar-refractivity contribution >= 4 is 11.8 Å². The predicted octanol–water partition coefficient (Wildman–Crippen LogP) is 2.35. The normalized spacial score (nSPS) is 12.6. The third-order valence-corrected chi connectivity index (χ3v) is 3.89. The van der Waals surface area contributed by atoms with E-state index in [4.69, 9.17) is 4.74 Å². The van der Waals surface area contributed by atoms with Crippen LogP contribution in [0, 0.1) is 5.92 Å². The van der Waals surface area contributed by atoms with Crippen molar-refractivity contribution in [1.82, 2.24) is 15.3 Å². The summed E-state index contributed by atoms with van der Waals surface area (Å²) in [5.41, 5.74) is 1.11. The Kier molecular flexibility index (Phi) is 7.96. The topological polar surface area (TPSA) is 47.0 Å². The summed E-state index contributed by atoms with van der Waals surface area (Å²) in [6.07, 6.45) is 4.99. The van der Waals surface area contributed by atoms with E-state index in [0.29, 0.717) is 5.92 Å². The summed E-state index contributed by atoms with van der Waals surface area (Å²) in [6.45, 7) is 6.83. The SMILES string of the molecule is CCC(C)CSc1ncc(CNCCOC)cn1. The number of thioether (sulfide) groups is 1. The van der Waals surface area contributed by atoms with E-state index in [9.17, 15) is 0 Å². The van der Waals surface area contributed by atoms with Gasteiger partial charge in [0.2, 0.25) is 0 Å². The number of ether oxygens (including phenoxy) is 1. The second-order valence-electron chi connectivity index (χ2n) is 4.37. The Morgan fingerprint density at radius 2 is 2.11 bits per heavy atom. The molecule has 1 unspecified atom stereocenters. The molecule has 102 valence electrons. The van der Waals surface area contributed by atoms with Crippen molar-refractivity contribution in [2.75, 3.05) is 26.0 Å². The molecular formula is C13H23N3OS. The summed E-state index contributed by atoms with van der Waals surface area (Å²) in [4.78, 5) is 8.73. The second kappa shape index (κ2) is 9.30. The van der Waals surface area contributed by atoms with Gasteiger partial charge in [0.05, 0.1) is 6.61 Å². The number of nitrogens with zero attached hydrogens (tertiary/aromatic N) is 2. The van der Waals surface area contributed by atoms with E-state index in [1.807, 2.05) is 12.4 Å². The van der Waals surface area contributed by atoms with Crippen molar-refractivity contribution in [3.05, 3.63) is 18.0 Å². The van der Waals surface area contributed by atoms with Gasteiger partial charge >= 0.3 is 0 Å². The largest absolute Gasteiger partial charge is 0.383 e. The quantitative estimate of drug-likeness (QED) is 0.423. The molecule has 4 nitrogen and oxygen atoms in total. The first kappa shape index (κ1) is 15.4. The van der Waals surface area contributed by atoms with E-state index in [0.717, 1.165) is 36.2 Å². The fourth-order valence-corrected chi connectivity index (χ4v) is 2.17. The minimum absolute atomic E-state index is 0.717. The van der Waals surface area contributed by atoms with Crippen LogP contribution in [0.15, 0.2) is 17.6 Å². The van der Waals surface area contributed by atoms with Crippen LogP contribution in [-0.2, 0) is 11.3 Å². The Bertz CT molecular complexity index is 319. The summed E-state index contributed by atoms with van der Waals surface area (Å²) in [6, 6.07) is 0. The predicted molar refractivity (Wildman–Crippen MR) is 75.8 cm³/mol. The summed E-state index contributed by atoms with van der Waals surface area (Å²) in [5, 5.41) is 4.14. The third kappa shape index (κ3) is 6.33. The minimum atomic E-state index is 0.717. The van der Waals surface area contributed by atoms with Crippen molar-refractivity contribution < 1.29 is 4.74 Å². The lowest BCUT2D eigenvalue weighted by Gasteiger charge is -2.07. The number of methoxy groups -OCH3 is 1. The maximum atomic E-state index is 4.97. The second-order valence-corrected chi connectivity index (χ2v) is 5.36. The molecule has 1 atom stereocenters. The lowest BCUT2D eigenvalue weighted by atomic mass is 10.2. The highest BCUT2D eigenvalue weighted by Crippen LogP contribution is 2.17. The monoisotopic (exact) mass is 269 g/mol. The molecule has 0 saturated heterocycles. The van der Waals surface area contributed by atoms with E-state index < -0.39 is 0 Å². The van der Waals surface area contributed by atoms with E-state index in [1.54, 1.807) is 18.9 Å². The molecule has 0 saturated carbocycles. The van der Waals surface area contributed by atoms with Gasteiger partial charge in [-0.15, -0.1) is 0 Å². The lowest BCUT2D eigenvalue weighted by Crippen LogP contribution is -2.18. The fraction of sp³-hybridized carbons (Fsp3) is 0.692. The van der Waals surface area contributed by atoms with Gasteiger partial charge < -0.3 is 10.1 Å². The zero-order valence-electron chi connectivity index (χ0n) is 11.5. The molecule has 0 aliphatic carbocycles. The van der Waals surface area contributed by atoms with Crippen LogP contribution in [0.25, 0.3) is 0 Å². The van der Waals surface area contributed by atoms with Crippen LogP contribution in [0.5, 0.6) is 0 Å². The molecule has 0 fully saturated rings. The van der Waals surface area contributed by atoms with Crippen LogP contribution < -0.4 is 5.32 Å². The zero-order chi connectivity index (χ0) is 13.2. The highest BCUT2D eigenvalue weighted by atomic mass is 32.2. The van der Waals surface area contributed by atoms with Crippen LogP contribution in [0.2, 0.25) is 0 Å². The standard InChI is InChI=1S/C13H23N3OS/c1-4-11(2)10-18-13-15-8-12(9-16-13)7-14-5-6-17-3/h8-9,11,14H,4-7,10H2,1-3H3. The maximum absolute atomic E-state index is 4.97. The van der Waals surface area contributed by atoms with Gasteiger partial charge in [-0.2, -0.15) is 0 Å². The Morgan fingerprint density at radius 3 is 2.72 bits per heavy atom. The van der Waals surface area contributed by atoms with Crippen molar-refractivity contribution in [3.8, 4) is 0 Å². The molecule has 1 aromatic rings. The number of hydrogen-bond acceptors (Lipinski definition) is 5. The highest BCUT2D eigenvalue weighted by Gasteiger charge is 2.03. The smallest absolute Gasteiger partial charge is 0.187 e. The average Bonchev–Trinajstić information content (AvgIpc) is 2.42. The molecule has 1 rings (SSSR count). The minimum Gasteiger partial charge on any atom is -0.383 e. The van der Waals surface area contributed by atoms with Gasteiger partial charge in [-0.1, -0.05) is 32.0 Å². The molecule has 5 heteroatoms. The Labute approximate surface area is 114 Å². The molecule has 0 bridgehead atoms. The summed E-state index contributed by atoms with van der Waals surface area (Å²) >= 11 is 1.73. The molecule has 1 heterocycles. The van der Waals surface area contributed by atoms with Gasteiger partial charge in [0.1, 0.15) is 0 Å². The van der Waals surface area contributed by atoms with Gasteiger partial charge in [0.15, 0.2) is 5.16 Å². The van der Waals surface area contributed by atoms with Crippen molar-refractivity contribution in [1.29, 1.82) is 0 Å². The number of rotatable bonds is 9. The summed E-state index contributed by atoms with van der Waals surface area (Å²) < 4.78 is 4.97. The molecule has 0 aliphatic rings. The number of hydrogen-bond donors (Lipinski definition) is 1. The lowest BCUT2D eigenvalue weighted by molar-refractivity contribution is 0.199. The van der Waals surface area contributed by atoms with Crippen LogP contribution in [0.4, 0.5) is 0 Å². The van der Waals surface area contributed by atoms with Crippen molar-refractivity contribution in [3.63, 3.8) is 0 Å². The van der Waals surface area contributed by atoms with Gasteiger partial charge in [-0.05, 0) is 5.92 Å². The van der Waals surface area contributed by atoms with E-state index in [2.05, 4.69) is 29.1 Å². The summed E-state index contributed by atoms with van der Waals surface area (Å²) in [5.74, 6) is 1.80. The summed E-state index contributed by atoms with van der Waals surface area (Å²) in [7, 11) is 1.70. The number of nitrogens with one attached hydrogen (secondary N) is 1. The van der Waals surface area contributed by atoms with Crippen molar-refractivity contribution in [2.24, 2.45) is 5.92 Å². The van der Waals surface area contributed by atoms with Crippen LogP contribution in [-0.4, -0.2) is 36.0 Å². The Balaban J connectivity index is 2.28. The average molecular weight is 269 g/mol. The van der Waals surface area contributed by atoms with Gasteiger partial charge in [-0.25, -0.2) is 9.97 Å². The Hall–Kier alpha value is -0.650. The van der Waals surface area contributed by atoms with Crippen LogP contribution >= 0.6 is 11.8 Å². The maximum Gasteiger partial charge on any atom is 0.187 e. The molecule has 0 spiro atoms. The Morgan fingerprint density at radius 1 is 1.39 bits per heavy atom. The molecule has 0 aromatic carbocycles. The van der Waals surface area contributed by atoms with Crippen LogP contribution in [0.3, 0.4) is 0 Å². The fourth-order valence-electron chi connectivity index (χ4n) is 1.25.